The molecular weight excluding hydrogens is 352 g/mol. The van der Waals surface area contributed by atoms with E-state index < -0.39 is 0 Å². The molecule has 28 heavy (non-hydrogen) atoms. The number of hydrogen-bond donors (Lipinski definition) is 1. The summed E-state index contributed by atoms with van der Waals surface area (Å²) >= 11 is 0. The molecule has 0 aliphatic carbocycles. The summed E-state index contributed by atoms with van der Waals surface area (Å²) < 4.78 is 10.8. The summed E-state index contributed by atoms with van der Waals surface area (Å²) in [5, 5.41) is 3.12. The molecule has 0 bridgehead atoms. The first-order valence-corrected chi connectivity index (χ1v) is 9.92. The molecule has 5 nitrogen and oxygen atoms in total. The van der Waals surface area contributed by atoms with Crippen LogP contribution in [0.15, 0.2) is 48.5 Å². The van der Waals surface area contributed by atoms with Crippen LogP contribution in [-0.2, 0) is 4.74 Å². The summed E-state index contributed by atoms with van der Waals surface area (Å²) in [5.41, 5.74) is 3.10. The number of carbonyl (C=O) groups is 1. The number of carbonyl (C=O) groups excluding carboxylic acids is 1. The van der Waals surface area contributed by atoms with Crippen molar-refractivity contribution in [3.05, 3.63) is 65.2 Å². The lowest BCUT2D eigenvalue weighted by Crippen LogP contribution is -2.43. The SMILES string of the molecule is COc1ccc(C(CNC(=O)c2ccc(C(C)C)cc2)N2CCOCC2)cc1. The molecule has 1 fully saturated rings. The van der Waals surface area contributed by atoms with E-state index in [1.165, 1.54) is 5.56 Å². The molecule has 0 spiro atoms. The van der Waals surface area contributed by atoms with Gasteiger partial charge in [0.25, 0.3) is 5.91 Å². The molecule has 0 aromatic heterocycles. The number of hydrogen-bond acceptors (Lipinski definition) is 4. The van der Waals surface area contributed by atoms with Gasteiger partial charge < -0.3 is 14.8 Å². The number of ether oxygens (including phenoxy) is 2. The zero-order chi connectivity index (χ0) is 19.9. The van der Waals surface area contributed by atoms with Gasteiger partial charge in [0.15, 0.2) is 0 Å². The van der Waals surface area contributed by atoms with Crippen LogP contribution in [-0.4, -0.2) is 50.8 Å². The summed E-state index contributed by atoms with van der Waals surface area (Å²) in [6, 6.07) is 16.1. The Morgan fingerprint density at radius 1 is 1.04 bits per heavy atom. The molecule has 1 amide bonds. The van der Waals surface area contributed by atoms with Crippen molar-refractivity contribution in [3.63, 3.8) is 0 Å². The first-order chi connectivity index (χ1) is 13.6. The Bertz CT molecular complexity index is 750. The minimum absolute atomic E-state index is 0.0397. The van der Waals surface area contributed by atoms with Crippen LogP contribution < -0.4 is 10.1 Å². The van der Waals surface area contributed by atoms with E-state index in [0.29, 0.717) is 18.0 Å². The van der Waals surface area contributed by atoms with Gasteiger partial charge in [-0.15, -0.1) is 0 Å². The Morgan fingerprint density at radius 3 is 2.21 bits per heavy atom. The normalized spacial score (nSPS) is 16.0. The number of morpholine rings is 1. The fourth-order valence-electron chi connectivity index (χ4n) is 3.48. The fraction of sp³-hybridized carbons (Fsp3) is 0.435. The summed E-state index contributed by atoms with van der Waals surface area (Å²) in [7, 11) is 1.67. The molecule has 1 N–H and O–H groups in total. The van der Waals surface area contributed by atoms with Crippen LogP contribution in [0.1, 0.15) is 47.3 Å². The maximum Gasteiger partial charge on any atom is 0.251 e. The van der Waals surface area contributed by atoms with Crippen LogP contribution in [0.25, 0.3) is 0 Å². The number of benzene rings is 2. The Morgan fingerprint density at radius 2 is 1.64 bits per heavy atom. The highest BCUT2D eigenvalue weighted by molar-refractivity contribution is 5.94. The Labute approximate surface area is 167 Å². The van der Waals surface area contributed by atoms with Gasteiger partial charge in [0.1, 0.15) is 5.75 Å². The van der Waals surface area contributed by atoms with E-state index >= 15 is 0 Å². The Kier molecular flexibility index (Phi) is 7.06. The van der Waals surface area contributed by atoms with Gasteiger partial charge >= 0.3 is 0 Å². The second-order valence-electron chi connectivity index (χ2n) is 7.42. The molecule has 5 heteroatoms. The lowest BCUT2D eigenvalue weighted by Gasteiger charge is -2.35. The lowest BCUT2D eigenvalue weighted by atomic mass is 10.0. The molecule has 1 atom stereocenters. The quantitative estimate of drug-likeness (QED) is 0.795. The zero-order valence-electron chi connectivity index (χ0n) is 17.0. The van der Waals surface area contributed by atoms with Crippen molar-refractivity contribution in [1.82, 2.24) is 10.2 Å². The van der Waals surface area contributed by atoms with Crippen LogP contribution >= 0.6 is 0 Å². The van der Waals surface area contributed by atoms with E-state index in [9.17, 15) is 4.79 Å². The highest BCUT2D eigenvalue weighted by atomic mass is 16.5. The van der Waals surface area contributed by atoms with Crippen molar-refractivity contribution in [1.29, 1.82) is 0 Å². The third-order valence-corrected chi connectivity index (χ3v) is 5.28. The van der Waals surface area contributed by atoms with E-state index in [-0.39, 0.29) is 11.9 Å². The molecule has 1 aliphatic rings. The third-order valence-electron chi connectivity index (χ3n) is 5.28. The van der Waals surface area contributed by atoms with E-state index in [0.717, 1.165) is 37.6 Å². The largest absolute Gasteiger partial charge is 0.497 e. The van der Waals surface area contributed by atoms with E-state index in [1.807, 2.05) is 36.4 Å². The molecule has 2 aromatic carbocycles. The average molecular weight is 383 g/mol. The molecule has 0 radical (unpaired) electrons. The molecule has 2 aromatic rings. The highest BCUT2D eigenvalue weighted by Crippen LogP contribution is 2.24. The van der Waals surface area contributed by atoms with Crippen molar-refractivity contribution in [2.45, 2.75) is 25.8 Å². The molecule has 150 valence electrons. The van der Waals surface area contributed by atoms with E-state index in [2.05, 4.69) is 36.2 Å². The maximum absolute atomic E-state index is 12.7. The number of nitrogens with one attached hydrogen (secondary N) is 1. The summed E-state index contributed by atoms with van der Waals surface area (Å²) in [5.74, 6) is 1.25. The monoisotopic (exact) mass is 382 g/mol. The van der Waals surface area contributed by atoms with E-state index in [4.69, 9.17) is 9.47 Å². The molecule has 0 saturated carbocycles. The van der Waals surface area contributed by atoms with Crippen molar-refractivity contribution in [3.8, 4) is 5.75 Å². The van der Waals surface area contributed by atoms with Crippen molar-refractivity contribution in [2.75, 3.05) is 40.0 Å². The predicted octanol–water partition coefficient (Wildman–Crippen LogP) is 3.62. The van der Waals surface area contributed by atoms with Crippen molar-refractivity contribution in [2.24, 2.45) is 0 Å². The van der Waals surface area contributed by atoms with Gasteiger partial charge in [-0.2, -0.15) is 0 Å². The smallest absolute Gasteiger partial charge is 0.251 e. The van der Waals surface area contributed by atoms with Crippen molar-refractivity contribution >= 4 is 5.91 Å². The molecule has 1 heterocycles. The highest BCUT2D eigenvalue weighted by Gasteiger charge is 2.23. The van der Waals surface area contributed by atoms with Gasteiger partial charge in [-0.05, 0) is 41.3 Å². The van der Waals surface area contributed by atoms with Gasteiger partial charge in [0, 0.05) is 25.2 Å². The molecule has 1 unspecified atom stereocenters. The topological polar surface area (TPSA) is 50.8 Å². The number of methoxy groups -OCH3 is 1. The minimum atomic E-state index is -0.0397. The van der Waals surface area contributed by atoms with Gasteiger partial charge in [-0.3, -0.25) is 9.69 Å². The van der Waals surface area contributed by atoms with Crippen molar-refractivity contribution < 1.29 is 14.3 Å². The molecule has 1 saturated heterocycles. The summed E-state index contributed by atoms with van der Waals surface area (Å²) in [6.45, 7) is 8.00. The fourth-order valence-corrected chi connectivity index (χ4v) is 3.48. The van der Waals surface area contributed by atoms with Crippen LogP contribution in [0.5, 0.6) is 5.75 Å². The standard InChI is InChI=1S/C23H30N2O3/c1-17(2)18-4-6-20(7-5-18)23(26)24-16-22(25-12-14-28-15-13-25)19-8-10-21(27-3)11-9-19/h4-11,17,22H,12-16H2,1-3H3,(H,24,26). The average Bonchev–Trinajstić information content (AvgIpc) is 2.75. The number of nitrogens with zero attached hydrogens (tertiary/aromatic N) is 1. The second-order valence-corrected chi connectivity index (χ2v) is 7.42. The van der Waals surface area contributed by atoms with Gasteiger partial charge in [-0.1, -0.05) is 38.1 Å². The lowest BCUT2D eigenvalue weighted by molar-refractivity contribution is 0.0162. The van der Waals surface area contributed by atoms with Crippen LogP contribution in [0, 0.1) is 0 Å². The second kappa shape index (κ2) is 9.71. The van der Waals surface area contributed by atoms with Crippen LogP contribution in [0.3, 0.4) is 0 Å². The third kappa shape index (κ3) is 5.12. The molecular formula is C23H30N2O3. The number of amides is 1. The maximum atomic E-state index is 12.7. The van der Waals surface area contributed by atoms with Gasteiger partial charge in [-0.25, -0.2) is 0 Å². The van der Waals surface area contributed by atoms with E-state index in [1.54, 1.807) is 7.11 Å². The number of rotatable bonds is 7. The van der Waals surface area contributed by atoms with Crippen LogP contribution in [0.2, 0.25) is 0 Å². The summed E-state index contributed by atoms with van der Waals surface area (Å²) in [4.78, 5) is 15.0. The molecule has 3 rings (SSSR count). The Balaban J connectivity index is 1.70. The van der Waals surface area contributed by atoms with Crippen LogP contribution in [0.4, 0.5) is 0 Å². The first-order valence-electron chi connectivity index (χ1n) is 9.92. The Hall–Kier alpha value is -2.37. The van der Waals surface area contributed by atoms with Gasteiger partial charge in [0.2, 0.25) is 0 Å². The minimum Gasteiger partial charge on any atom is -0.497 e. The zero-order valence-corrected chi connectivity index (χ0v) is 17.0. The predicted molar refractivity (Wildman–Crippen MR) is 111 cm³/mol. The molecule has 1 aliphatic heterocycles. The van der Waals surface area contributed by atoms with Gasteiger partial charge in [0.05, 0.1) is 26.4 Å². The summed E-state index contributed by atoms with van der Waals surface area (Å²) in [6.07, 6.45) is 0. The first kappa shape index (κ1) is 20.4.